The van der Waals surface area contributed by atoms with Gasteiger partial charge in [0.05, 0.1) is 12.2 Å². The largest absolute Gasteiger partial charge is 0.462 e. The van der Waals surface area contributed by atoms with Gasteiger partial charge in [0.1, 0.15) is 0 Å². The van der Waals surface area contributed by atoms with Crippen molar-refractivity contribution in [3.63, 3.8) is 0 Å². The van der Waals surface area contributed by atoms with Crippen LogP contribution in [0.3, 0.4) is 0 Å². The molecule has 30 heavy (non-hydrogen) atoms. The van der Waals surface area contributed by atoms with Gasteiger partial charge in [-0.25, -0.2) is 4.79 Å². The Labute approximate surface area is 189 Å². The van der Waals surface area contributed by atoms with E-state index in [9.17, 15) is 4.79 Å². The maximum atomic E-state index is 12.1. The molecular formula is C24H29ClN2O2S. The van der Waals surface area contributed by atoms with E-state index in [0.717, 1.165) is 42.0 Å². The minimum Gasteiger partial charge on any atom is -0.462 e. The summed E-state index contributed by atoms with van der Waals surface area (Å²) >= 11 is 12.0. The van der Waals surface area contributed by atoms with Crippen molar-refractivity contribution in [2.24, 2.45) is 0 Å². The van der Waals surface area contributed by atoms with Crippen LogP contribution < -0.4 is 10.6 Å². The van der Waals surface area contributed by atoms with E-state index in [2.05, 4.69) is 16.7 Å². The van der Waals surface area contributed by atoms with Gasteiger partial charge in [-0.2, -0.15) is 0 Å². The van der Waals surface area contributed by atoms with Crippen LogP contribution in [0, 0.1) is 6.92 Å². The first-order valence-electron chi connectivity index (χ1n) is 10.5. The van der Waals surface area contributed by atoms with Gasteiger partial charge in [0.15, 0.2) is 5.11 Å². The summed E-state index contributed by atoms with van der Waals surface area (Å²) in [5.41, 5.74) is 3.49. The summed E-state index contributed by atoms with van der Waals surface area (Å²) in [5, 5.41) is 8.29. The lowest BCUT2D eigenvalue weighted by atomic mass is 9.89. The summed E-state index contributed by atoms with van der Waals surface area (Å²) in [4.78, 5) is 12.1. The third-order valence-electron chi connectivity index (χ3n) is 5.77. The van der Waals surface area contributed by atoms with E-state index in [1.54, 1.807) is 19.1 Å². The number of halogens is 1. The van der Waals surface area contributed by atoms with E-state index in [-0.39, 0.29) is 11.5 Å². The van der Waals surface area contributed by atoms with Crippen LogP contribution in [0.25, 0.3) is 0 Å². The zero-order valence-corrected chi connectivity index (χ0v) is 19.2. The van der Waals surface area contributed by atoms with Crippen LogP contribution >= 0.6 is 23.8 Å². The summed E-state index contributed by atoms with van der Waals surface area (Å²) in [7, 11) is 0. The quantitative estimate of drug-likeness (QED) is 0.401. The topological polar surface area (TPSA) is 50.4 Å². The van der Waals surface area contributed by atoms with Crippen LogP contribution in [-0.4, -0.2) is 23.2 Å². The van der Waals surface area contributed by atoms with Gasteiger partial charge in [-0.15, -0.1) is 0 Å². The molecule has 0 spiro atoms. The van der Waals surface area contributed by atoms with E-state index in [4.69, 9.17) is 28.6 Å². The molecule has 0 radical (unpaired) electrons. The van der Waals surface area contributed by atoms with Gasteiger partial charge in [-0.1, -0.05) is 48.7 Å². The predicted octanol–water partition coefficient (Wildman–Crippen LogP) is 6.06. The number of hydrogen-bond acceptors (Lipinski definition) is 3. The van der Waals surface area contributed by atoms with E-state index in [0.29, 0.717) is 17.3 Å². The second-order valence-corrected chi connectivity index (χ2v) is 8.72. The number of benzene rings is 2. The maximum Gasteiger partial charge on any atom is 0.338 e. The van der Waals surface area contributed by atoms with Crippen LogP contribution in [-0.2, 0) is 11.2 Å². The van der Waals surface area contributed by atoms with Gasteiger partial charge in [0.25, 0.3) is 0 Å². The maximum absolute atomic E-state index is 12.1. The molecule has 6 heteroatoms. The summed E-state index contributed by atoms with van der Waals surface area (Å²) in [6, 6.07) is 13.5. The van der Waals surface area contributed by atoms with Gasteiger partial charge in [-0.3, -0.25) is 0 Å². The Kier molecular flexibility index (Phi) is 7.73. The fraction of sp³-hybridized carbons (Fsp3) is 0.417. The highest BCUT2D eigenvalue weighted by Crippen LogP contribution is 2.34. The van der Waals surface area contributed by atoms with Gasteiger partial charge in [-0.05, 0) is 81.1 Å². The lowest BCUT2D eigenvalue weighted by molar-refractivity contribution is 0.0526. The number of rotatable bonds is 7. The summed E-state index contributed by atoms with van der Waals surface area (Å²) in [5.74, 6) is -0.327. The SMILES string of the molecule is CCOC(=O)c1ccc(C)c(NC(=S)NC2(CCc3ccccc3Cl)CCCC2)c1. The van der Waals surface area contributed by atoms with E-state index in [1.165, 1.54) is 18.4 Å². The normalized spacial score (nSPS) is 14.9. The minimum atomic E-state index is -0.327. The van der Waals surface area contributed by atoms with Crippen molar-refractivity contribution in [3.8, 4) is 0 Å². The Bertz CT molecular complexity index is 910. The lowest BCUT2D eigenvalue weighted by Crippen LogP contribution is -2.48. The molecule has 2 N–H and O–H groups in total. The van der Waals surface area contributed by atoms with Crippen LogP contribution in [0.2, 0.25) is 5.02 Å². The molecule has 0 aromatic heterocycles. The third-order valence-corrected chi connectivity index (χ3v) is 6.34. The van der Waals surface area contributed by atoms with Crippen molar-refractivity contribution in [1.29, 1.82) is 0 Å². The Morgan fingerprint density at radius 3 is 2.63 bits per heavy atom. The van der Waals surface area contributed by atoms with Crippen molar-refractivity contribution in [1.82, 2.24) is 5.32 Å². The number of aryl methyl sites for hydroxylation is 2. The zero-order chi connectivity index (χ0) is 21.6. The summed E-state index contributed by atoms with van der Waals surface area (Å²) < 4.78 is 5.11. The molecule has 0 aliphatic heterocycles. The molecule has 0 unspecified atom stereocenters. The molecule has 1 saturated carbocycles. The summed E-state index contributed by atoms with van der Waals surface area (Å²) in [6.45, 7) is 4.14. The zero-order valence-electron chi connectivity index (χ0n) is 17.6. The molecule has 0 heterocycles. The van der Waals surface area contributed by atoms with Crippen molar-refractivity contribution in [2.45, 2.75) is 57.9 Å². The number of ether oxygens (including phenoxy) is 1. The van der Waals surface area contributed by atoms with Gasteiger partial charge in [0, 0.05) is 16.2 Å². The molecule has 2 aromatic rings. The fourth-order valence-electron chi connectivity index (χ4n) is 4.06. The average molecular weight is 445 g/mol. The molecule has 4 nitrogen and oxygen atoms in total. The highest BCUT2D eigenvalue weighted by Gasteiger charge is 2.34. The van der Waals surface area contributed by atoms with Crippen molar-refractivity contribution in [3.05, 3.63) is 64.2 Å². The third kappa shape index (κ3) is 5.73. The first-order chi connectivity index (χ1) is 14.4. The number of nitrogens with one attached hydrogen (secondary N) is 2. The molecule has 3 rings (SSSR count). The van der Waals surface area contributed by atoms with E-state index >= 15 is 0 Å². The van der Waals surface area contributed by atoms with Crippen molar-refractivity contribution in [2.75, 3.05) is 11.9 Å². The molecular weight excluding hydrogens is 416 g/mol. The molecule has 0 bridgehead atoms. The second kappa shape index (κ2) is 10.3. The fourth-order valence-corrected chi connectivity index (χ4v) is 4.61. The van der Waals surface area contributed by atoms with Gasteiger partial charge >= 0.3 is 5.97 Å². The molecule has 0 amide bonds. The van der Waals surface area contributed by atoms with Gasteiger partial charge in [0.2, 0.25) is 0 Å². The van der Waals surface area contributed by atoms with Crippen LogP contribution in [0.5, 0.6) is 0 Å². The standard InChI is InChI=1S/C24H29ClN2O2S/c1-3-29-22(28)19-11-10-17(2)21(16-19)26-23(30)27-24(13-6-7-14-24)15-12-18-8-4-5-9-20(18)25/h4-5,8-11,16H,3,6-7,12-15H2,1-2H3,(H2,26,27,30). The molecule has 160 valence electrons. The lowest BCUT2D eigenvalue weighted by Gasteiger charge is -2.32. The minimum absolute atomic E-state index is 0.0318. The molecule has 2 aromatic carbocycles. The number of anilines is 1. The Hall–Kier alpha value is -2.11. The Morgan fingerprint density at radius 1 is 1.20 bits per heavy atom. The van der Waals surface area contributed by atoms with Crippen molar-refractivity contribution >= 4 is 40.6 Å². The highest BCUT2D eigenvalue weighted by atomic mass is 35.5. The number of esters is 1. The van der Waals surface area contributed by atoms with Crippen LogP contribution in [0.15, 0.2) is 42.5 Å². The first-order valence-corrected chi connectivity index (χ1v) is 11.3. The number of thiocarbonyl (C=S) groups is 1. The molecule has 1 aliphatic carbocycles. The molecule has 1 aliphatic rings. The summed E-state index contributed by atoms with van der Waals surface area (Å²) in [6.07, 6.45) is 6.43. The van der Waals surface area contributed by atoms with Crippen LogP contribution in [0.1, 0.15) is 60.5 Å². The predicted molar refractivity (Wildman–Crippen MR) is 127 cm³/mol. The Morgan fingerprint density at radius 2 is 1.93 bits per heavy atom. The molecule has 0 saturated heterocycles. The number of hydrogen-bond donors (Lipinski definition) is 2. The van der Waals surface area contributed by atoms with E-state index < -0.39 is 0 Å². The first kappa shape index (κ1) is 22.6. The van der Waals surface area contributed by atoms with Crippen LogP contribution in [0.4, 0.5) is 5.69 Å². The monoisotopic (exact) mass is 444 g/mol. The number of carbonyl (C=O) groups excluding carboxylic acids is 1. The van der Waals surface area contributed by atoms with Crippen molar-refractivity contribution < 1.29 is 9.53 Å². The smallest absolute Gasteiger partial charge is 0.338 e. The second-order valence-electron chi connectivity index (χ2n) is 7.91. The number of carbonyl (C=O) groups is 1. The van der Waals surface area contributed by atoms with Gasteiger partial charge < -0.3 is 15.4 Å². The molecule has 0 atom stereocenters. The Balaban J connectivity index is 1.68. The van der Waals surface area contributed by atoms with E-state index in [1.807, 2.05) is 31.2 Å². The molecule has 1 fully saturated rings. The average Bonchev–Trinajstić information content (AvgIpc) is 3.17. The highest BCUT2D eigenvalue weighted by molar-refractivity contribution is 7.80.